The summed E-state index contributed by atoms with van der Waals surface area (Å²) in [5, 5.41) is 0. The monoisotopic (exact) mass is 233 g/mol. The average molecular weight is 234 g/mol. The Labute approximate surface area is 78.2 Å². The molecule has 0 radical (unpaired) electrons. The third-order valence-electron chi connectivity index (χ3n) is 1.51. The molecule has 4 heteroatoms. The highest BCUT2D eigenvalue weighted by Crippen LogP contribution is 2.00. The summed E-state index contributed by atoms with van der Waals surface area (Å²) in [6.45, 7) is 0.0493. The van der Waals surface area contributed by atoms with Crippen molar-refractivity contribution in [2.75, 3.05) is 6.67 Å². The average Bonchev–Trinajstić information content (AvgIpc) is 2.08. The molecule has 66 valence electrons. The van der Waals surface area contributed by atoms with Crippen LogP contribution < -0.4 is 5.56 Å². The van der Waals surface area contributed by atoms with Gasteiger partial charge in [-0.1, -0.05) is 0 Å². The molecule has 0 aliphatic carbocycles. The largest absolute Gasteiger partial charge is 0.314 e. The second-order valence-corrected chi connectivity index (χ2v) is 3.25. The van der Waals surface area contributed by atoms with Gasteiger partial charge < -0.3 is 4.57 Å². The van der Waals surface area contributed by atoms with Crippen LogP contribution in [0.3, 0.4) is 0 Å². The summed E-state index contributed by atoms with van der Waals surface area (Å²) in [7, 11) is 0. The van der Waals surface area contributed by atoms with E-state index in [4.69, 9.17) is 0 Å². The Morgan fingerprint density at radius 1 is 1.58 bits per heavy atom. The van der Waals surface area contributed by atoms with E-state index in [1.54, 1.807) is 18.3 Å². The minimum Gasteiger partial charge on any atom is -0.314 e. The Balaban J connectivity index is 2.85. The number of hydrogen-bond donors (Lipinski definition) is 0. The van der Waals surface area contributed by atoms with E-state index in [1.165, 1.54) is 4.57 Å². The number of alkyl halides is 1. The maximum atomic E-state index is 11.8. The number of aryl methyl sites for hydroxylation is 1. The number of pyridine rings is 1. The van der Waals surface area contributed by atoms with E-state index in [-0.39, 0.29) is 12.2 Å². The fraction of sp³-hybridized carbons (Fsp3) is 0.375. The molecule has 0 spiro atoms. The van der Waals surface area contributed by atoms with Crippen molar-refractivity contribution in [3.8, 4) is 0 Å². The van der Waals surface area contributed by atoms with Crippen molar-refractivity contribution in [3.05, 3.63) is 33.2 Å². The number of rotatable bonds is 3. The van der Waals surface area contributed by atoms with E-state index in [2.05, 4.69) is 15.9 Å². The van der Waals surface area contributed by atoms with Crippen LogP contribution in [0.5, 0.6) is 0 Å². The zero-order valence-corrected chi connectivity index (χ0v) is 8.05. The van der Waals surface area contributed by atoms with Crippen molar-refractivity contribution in [1.82, 2.24) is 4.57 Å². The molecule has 0 aliphatic heterocycles. The molecular weight excluding hydrogens is 225 g/mol. The fourth-order valence-corrected chi connectivity index (χ4v) is 1.29. The molecular formula is C8H9BrFNO. The van der Waals surface area contributed by atoms with E-state index in [1.807, 2.05) is 0 Å². The summed E-state index contributed by atoms with van der Waals surface area (Å²) in [5.74, 6) is 0. The van der Waals surface area contributed by atoms with Crippen LogP contribution in [0.2, 0.25) is 0 Å². The summed E-state index contributed by atoms with van der Waals surface area (Å²) in [6.07, 6.45) is 2.04. The molecule has 2 nitrogen and oxygen atoms in total. The molecule has 0 fully saturated rings. The molecule has 1 aromatic rings. The lowest BCUT2D eigenvalue weighted by atomic mass is 10.4. The highest BCUT2D eigenvalue weighted by molar-refractivity contribution is 9.10. The fourth-order valence-electron chi connectivity index (χ4n) is 0.914. The van der Waals surface area contributed by atoms with Gasteiger partial charge in [0, 0.05) is 12.7 Å². The lowest BCUT2D eigenvalue weighted by Gasteiger charge is -2.02. The maximum absolute atomic E-state index is 11.8. The highest BCUT2D eigenvalue weighted by atomic mass is 79.9. The van der Waals surface area contributed by atoms with Gasteiger partial charge in [-0.2, -0.15) is 0 Å². The van der Waals surface area contributed by atoms with Crippen LogP contribution in [0.25, 0.3) is 0 Å². The standard InChI is InChI=1S/C8H9BrFNO/c9-7-3-1-5-11(8(7)12)6-2-4-10/h1,3,5H,2,4,6H2. The van der Waals surface area contributed by atoms with Crippen molar-refractivity contribution < 1.29 is 4.39 Å². The molecule has 0 aliphatic rings. The van der Waals surface area contributed by atoms with Gasteiger partial charge in [0.1, 0.15) is 0 Å². The van der Waals surface area contributed by atoms with Crippen molar-refractivity contribution in [1.29, 1.82) is 0 Å². The van der Waals surface area contributed by atoms with Crippen LogP contribution in [0.4, 0.5) is 4.39 Å². The van der Waals surface area contributed by atoms with Crippen molar-refractivity contribution >= 4 is 15.9 Å². The third kappa shape index (κ3) is 2.17. The summed E-state index contributed by atoms with van der Waals surface area (Å²) >= 11 is 3.11. The summed E-state index contributed by atoms with van der Waals surface area (Å²) in [4.78, 5) is 11.3. The first-order chi connectivity index (χ1) is 5.75. The second kappa shape index (κ2) is 4.40. The normalized spacial score (nSPS) is 10.2. The Morgan fingerprint density at radius 3 is 3.00 bits per heavy atom. The molecule has 1 rings (SSSR count). The van der Waals surface area contributed by atoms with Gasteiger partial charge in [-0.25, -0.2) is 0 Å². The maximum Gasteiger partial charge on any atom is 0.264 e. The van der Waals surface area contributed by atoms with Gasteiger partial charge in [0.15, 0.2) is 0 Å². The van der Waals surface area contributed by atoms with Crippen LogP contribution in [0, 0.1) is 0 Å². The van der Waals surface area contributed by atoms with Crippen LogP contribution in [0.1, 0.15) is 6.42 Å². The van der Waals surface area contributed by atoms with Crippen molar-refractivity contribution in [2.24, 2.45) is 0 Å². The Morgan fingerprint density at radius 2 is 2.33 bits per heavy atom. The van der Waals surface area contributed by atoms with E-state index in [0.29, 0.717) is 17.4 Å². The van der Waals surface area contributed by atoms with Crippen LogP contribution in [-0.4, -0.2) is 11.2 Å². The van der Waals surface area contributed by atoms with E-state index in [9.17, 15) is 9.18 Å². The molecule has 1 aromatic heterocycles. The lowest BCUT2D eigenvalue weighted by molar-refractivity contribution is 0.443. The number of hydrogen-bond acceptors (Lipinski definition) is 1. The lowest BCUT2D eigenvalue weighted by Crippen LogP contribution is -2.19. The van der Waals surface area contributed by atoms with Crippen LogP contribution in [-0.2, 0) is 6.54 Å². The zero-order chi connectivity index (χ0) is 8.97. The summed E-state index contributed by atoms with van der Waals surface area (Å²) in [5.41, 5.74) is -0.106. The molecule has 0 atom stereocenters. The molecule has 0 saturated carbocycles. The Kier molecular flexibility index (Phi) is 3.47. The third-order valence-corrected chi connectivity index (χ3v) is 2.11. The van der Waals surface area contributed by atoms with Gasteiger partial charge in [-0.15, -0.1) is 0 Å². The minimum absolute atomic E-state index is 0.106. The molecule has 0 N–H and O–H groups in total. The summed E-state index contributed by atoms with van der Waals surface area (Å²) < 4.78 is 13.8. The van der Waals surface area contributed by atoms with Crippen LogP contribution in [0.15, 0.2) is 27.6 Å². The van der Waals surface area contributed by atoms with Gasteiger partial charge in [0.25, 0.3) is 5.56 Å². The highest BCUT2D eigenvalue weighted by Gasteiger charge is 1.98. The first kappa shape index (κ1) is 9.45. The predicted molar refractivity (Wildman–Crippen MR) is 49.0 cm³/mol. The number of halogens is 2. The smallest absolute Gasteiger partial charge is 0.264 e. The molecule has 0 bridgehead atoms. The quantitative estimate of drug-likeness (QED) is 0.783. The zero-order valence-electron chi connectivity index (χ0n) is 6.46. The number of nitrogens with zero attached hydrogens (tertiary/aromatic N) is 1. The van der Waals surface area contributed by atoms with Gasteiger partial charge in [-0.05, 0) is 34.5 Å². The van der Waals surface area contributed by atoms with Crippen molar-refractivity contribution in [3.63, 3.8) is 0 Å². The first-order valence-electron chi connectivity index (χ1n) is 3.66. The molecule has 0 amide bonds. The van der Waals surface area contributed by atoms with Gasteiger partial charge in [0.05, 0.1) is 11.1 Å². The van der Waals surface area contributed by atoms with Crippen LogP contribution >= 0.6 is 15.9 Å². The molecule has 12 heavy (non-hydrogen) atoms. The van der Waals surface area contributed by atoms with E-state index in [0.717, 1.165) is 0 Å². The predicted octanol–water partition coefficient (Wildman–Crippen LogP) is 1.97. The Hall–Kier alpha value is -0.640. The summed E-state index contributed by atoms with van der Waals surface area (Å²) in [6, 6.07) is 3.43. The molecule has 0 saturated heterocycles. The number of aromatic nitrogens is 1. The minimum atomic E-state index is -0.390. The molecule has 0 aromatic carbocycles. The Bertz CT molecular complexity index is 310. The van der Waals surface area contributed by atoms with Gasteiger partial charge >= 0.3 is 0 Å². The SMILES string of the molecule is O=c1c(Br)cccn1CCCF. The second-order valence-electron chi connectivity index (χ2n) is 2.40. The van der Waals surface area contributed by atoms with E-state index < -0.39 is 0 Å². The molecule has 1 heterocycles. The topological polar surface area (TPSA) is 22.0 Å². The van der Waals surface area contributed by atoms with Gasteiger partial charge in [0.2, 0.25) is 0 Å². The van der Waals surface area contributed by atoms with Gasteiger partial charge in [-0.3, -0.25) is 9.18 Å². The molecule has 0 unspecified atom stereocenters. The van der Waals surface area contributed by atoms with E-state index >= 15 is 0 Å². The first-order valence-corrected chi connectivity index (χ1v) is 4.46. The van der Waals surface area contributed by atoms with Crippen molar-refractivity contribution in [2.45, 2.75) is 13.0 Å².